The van der Waals surface area contributed by atoms with Crippen LogP contribution in [0, 0.1) is 0 Å². The van der Waals surface area contributed by atoms with Gasteiger partial charge in [-0.2, -0.15) is 0 Å². The molecule has 2 heterocycles. The Bertz CT molecular complexity index is 2390. The average Bonchev–Trinajstić information content (AvgIpc) is 3.21. The molecule has 0 radical (unpaired) electrons. The van der Waals surface area contributed by atoms with Crippen molar-refractivity contribution in [2.75, 3.05) is 0 Å². The number of pyridine rings is 2. The molecule has 9 rings (SSSR count). The Hall–Kier alpha value is -6.64. The molecule has 0 spiro atoms. The molecule has 7 aromatic carbocycles. The molecular formula is C48H32N2. The SMILES string of the molecule is c1ccc(-c2ccc3c(-c4ccc(-c5ccccn5)cc4)c4cc(-c5ccccc5)ccc4c(-c4ccc(-c5ccccn5)cc4)c3c2)cc1. The maximum absolute atomic E-state index is 4.60. The van der Waals surface area contributed by atoms with Gasteiger partial charge in [0.2, 0.25) is 0 Å². The van der Waals surface area contributed by atoms with Gasteiger partial charge in [-0.05, 0) is 102 Å². The standard InChI is InChI=1S/C48H32N2/c1-3-11-33(12-4-1)39-25-27-41-43(31-39)47(37-21-17-35(18-22-37)45-15-7-9-29-49-45)42-28-26-40(34-13-5-2-6-14-34)32-44(42)48(41)38-23-19-36(20-24-38)46-16-8-10-30-50-46/h1-32H. The summed E-state index contributed by atoms with van der Waals surface area (Å²) in [5.41, 5.74) is 13.7. The minimum absolute atomic E-state index is 0.970. The van der Waals surface area contributed by atoms with Gasteiger partial charge < -0.3 is 0 Å². The van der Waals surface area contributed by atoms with Crippen molar-refractivity contribution < 1.29 is 0 Å². The number of fused-ring (bicyclic) bond motifs is 2. The van der Waals surface area contributed by atoms with E-state index in [9.17, 15) is 0 Å². The van der Waals surface area contributed by atoms with Crippen LogP contribution in [-0.2, 0) is 0 Å². The summed E-state index contributed by atoms with van der Waals surface area (Å²) in [7, 11) is 0. The minimum Gasteiger partial charge on any atom is -0.256 e. The van der Waals surface area contributed by atoms with Crippen molar-refractivity contribution in [3.05, 3.63) is 194 Å². The Labute approximate surface area is 292 Å². The van der Waals surface area contributed by atoms with Crippen LogP contribution in [0.1, 0.15) is 0 Å². The topological polar surface area (TPSA) is 25.8 Å². The molecule has 0 saturated heterocycles. The minimum atomic E-state index is 0.970. The Morgan fingerprint density at radius 3 is 0.980 bits per heavy atom. The fourth-order valence-electron chi connectivity index (χ4n) is 7.15. The van der Waals surface area contributed by atoms with E-state index in [1.807, 2.05) is 36.7 Å². The van der Waals surface area contributed by atoms with Crippen LogP contribution in [-0.4, -0.2) is 9.97 Å². The van der Waals surface area contributed by atoms with Crippen molar-refractivity contribution >= 4 is 21.5 Å². The van der Waals surface area contributed by atoms with Gasteiger partial charge in [0.1, 0.15) is 0 Å². The molecule has 0 amide bonds. The summed E-state index contributed by atoms with van der Waals surface area (Å²) in [6.07, 6.45) is 3.70. The molecule has 2 nitrogen and oxygen atoms in total. The quantitative estimate of drug-likeness (QED) is 0.170. The molecule has 0 atom stereocenters. The second-order valence-electron chi connectivity index (χ2n) is 12.6. The van der Waals surface area contributed by atoms with Gasteiger partial charge in [-0.15, -0.1) is 0 Å². The van der Waals surface area contributed by atoms with Crippen LogP contribution in [0.3, 0.4) is 0 Å². The molecule has 0 fully saturated rings. The third-order valence-electron chi connectivity index (χ3n) is 9.60. The highest BCUT2D eigenvalue weighted by atomic mass is 14.7. The summed E-state index contributed by atoms with van der Waals surface area (Å²) in [6.45, 7) is 0. The fourth-order valence-corrected chi connectivity index (χ4v) is 7.15. The van der Waals surface area contributed by atoms with Crippen molar-refractivity contribution in [1.82, 2.24) is 9.97 Å². The van der Waals surface area contributed by atoms with E-state index < -0.39 is 0 Å². The van der Waals surface area contributed by atoms with Crippen molar-refractivity contribution in [3.8, 4) is 67.0 Å². The summed E-state index contributed by atoms with van der Waals surface area (Å²) >= 11 is 0. The van der Waals surface area contributed by atoms with Gasteiger partial charge in [-0.25, -0.2) is 0 Å². The second-order valence-corrected chi connectivity index (χ2v) is 12.6. The number of rotatable bonds is 6. The molecule has 234 valence electrons. The van der Waals surface area contributed by atoms with E-state index in [1.54, 1.807) is 0 Å². The van der Waals surface area contributed by atoms with Gasteiger partial charge in [0.05, 0.1) is 11.4 Å². The lowest BCUT2D eigenvalue weighted by Crippen LogP contribution is -1.93. The zero-order valence-corrected chi connectivity index (χ0v) is 27.4. The Kier molecular flexibility index (Phi) is 7.53. The molecule has 0 aliphatic heterocycles. The fraction of sp³-hybridized carbons (Fsp3) is 0. The third kappa shape index (κ3) is 5.43. The van der Waals surface area contributed by atoms with Gasteiger partial charge in [-0.3, -0.25) is 9.97 Å². The van der Waals surface area contributed by atoms with Gasteiger partial charge in [0.15, 0.2) is 0 Å². The van der Waals surface area contributed by atoms with Crippen LogP contribution >= 0.6 is 0 Å². The molecular weight excluding hydrogens is 605 g/mol. The Balaban J connectivity index is 1.34. The average molecular weight is 637 g/mol. The van der Waals surface area contributed by atoms with Crippen LogP contribution in [0.15, 0.2) is 194 Å². The summed E-state index contributed by atoms with van der Waals surface area (Å²) in [4.78, 5) is 9.20. The first-order valence-electron chi connectivity index (χ1n) is 17.0. The summed E-state index contributed by atoms with van der Waals surface area (Å²) in [5, 5.41) is 4.88. The van der Waals surface area contributed by atoms with E-state index in [0.29, 0.717) is 0 Å². The number of hydrogen-bond acceptors (Lipinski definition) is 2. The van der Waals surface area contributed by atoms with Gasteiger partial charge in [-0.1, -0.05) is 146 Å². The molecule has 0 N–H and O–H groups in total. The van der Waals surface area contributed by atoms with Gasteiger partial charge in [0.25, 0.3) is 0 Å². The van der Waals surface area contributed by atoms with Crippen LogP contribution in [0.4, 0.5) is 0 Å². The maximum atomic E-state index is 4.60. The highest BCUT2D eigenvalue weighted by molar-refractivity contribution is 6.22. The van der Waals surface area contributed by atoms with Crippen LogP contribution in [0.2, 0.25) is 0 Å². The predicted octanol–water partition coefficient (Wildman–Crippen LogP) is 12.8. The summed E-state index contributed by atoms with van der Waals surface area (Å²) in [5.74, 6) is 0. The molecule has 0 saturated carbocycles. The van der Waals surface area contributed by atoms with Crippen molar-refractivity contribution in [3.63, 3.8) is 0 Å². The van der Waals surface area contributed by atoms with E-state index in [2.05, 4.69) is 168 Å². The molecule has 2 heteroatoms. The number of nitrogens with zero attached hydrogens (tertiary/aromatic N) is 2. The molecule has 0 bridgehead atoms. The van der Waals surface area contributed by atoms with Gasteiger partial charge >= 0.3 is 0 Å². The van der Waals surface area contributed by atoms with Crippen molar-refractivity contribution in [2.45, 2.75) is 0 Å². The lowest BCUT2D eigenvalue weighted by atomic mass is 9.83. The van der Waals surface area contributed by atoms with Crippen LogP contribution < -0.4 is 0 Å². The number of hydrogen-bond donors (Lipinski definition) is 0. The summed E-state index contributed by atoms with van der Waals surface area (Å²) in [6, 6.07) is 65.1. The molecule has 0 aliphatic carbocycles. The molecule has 0 aliphatic rings. The second kappa shape index (κ2) is 12.8. The largest absolute Gasteiger partial charge is 0.256 e. The number of aromatic nitrogens is 2. The van der Waals surface area contributed by atoms with E-state index >= 15 is 0 Å². The Morgan fingerprint density at radius 1 is 0.240 bits per heavy atom. The lowest BCUT2D eigenvalue weighted by Gasteiger charge is -2.20. The maximum Gasteiger partial charge on any atom is 0.0701 e. The molecule has 50 heavy (non-hydrogen) atoms. The van der Waals surface area contributed by atoms with E-state index in [4.69, 9.17) is 0 Å². The molecule has 2 aromatic heterocycles. The zero-order valence-electron chi connectivity index (χ0n) is 27.4. The predicted molar refractivity (Wildman–Crippen MR) is 210 cm³/mol. The van der Waals surface area contributed by atoms with Crippen molar-refractivity contribution in [2.24, 2.45) is 0 Å². The first-order valence-corrected chi connectivity index (χ1v) is 17.0. The summed E-state index contributed by atoms with van der Waals surface area (Å²) < 4.78 is 0. The van der Waals surface area contributed by atoms with E-state index in [0.717, 1.165) is 22.5 Å². The zero-order chi connectivity index (χ0) is 33.3. The van der Waals surface area contributed by atoms with Crippen LogP contribution in [0.5, 0.6) is 0 Å². The highest BCUT2D eigenvalue weighted by Gasteiger charge is 2.19. The third-order valence-corrected chi connectivity index (χ3v) is 9.60. The Morgan fingerprint density at radius 2 is 0.600 bits per heavy atom. The monoisotopic (exact) mass is 636 g/mol. The van der Waals surface area contributed by atoms with E-state index in [1.165, 1.54) is 66.1 Å². The van der Waals surface area contributed by atoms with E-state index in [-0.39, 0.29) is 0 Å². The first-order chi connectivity index (χ1) is 24.8. The lowest BCUT2D eigenvalue weighted by molar-refractivity contribution is 1.33. The molecule has 0 unspecified atom stereocenters. The van der Waals surface area contributed by atoms with Crippen LogP contribution in [0.25, 0.3) is 88.6 Å². The highest BCUT2D eigenvalue weighted by Crippen LogP contribution is 2.46. The van der Waals surface area contributed by atoms with Crippen molar-refractivity contribution in [1.29, 1.82) is 0 Å². The smallest absolute Gasteiger partial charge is 0.0701 e. The molecule has 9 aromatic rings. The number of benzene rings is 7. The normalized spacial score (nSPS) is 11.2. The first kappa shape index (κ1) is 29.5. The van der Waals surface area contributed by atoms with Gasteiger partial charge in [0, 0.05) is 23.5 Å².